The summed E-state index contributed by atoms with van der Waals surface area (Å²) >= 11 is 0. The van der Waals surface area contributed by atoms with E-state index >= 15 is 0 Å². The Bertz CT molecular complexity index is 726. The van der Waals surface area contributed by atoms with Crippen LogP contribution in [0.4, 0.5) is 13.6 Å². The summed E-state index contributed by atoms with van der Waals surface area (Å²) in [4.78, 5) is 18.1. The molecule has 2 aromatic rings. The summed E-state index contributed by atoms with van der Waals surface area (Å²) in [6.07, 6.45) is 2.78. The number of pyridine rings is 1. The molecule has 4 nitrogen and oxygen atoms in total. The zero-order valence-corrected chi connectivity index (χ0v) is 14.1. The van der Waals surface area contributed by atoms with E-state index in [0.29, 0.717) is 0 Å². The first-order valence-electron chi connectivity index (χ1n) is 8.35. The second kappa shape index (κ2) is 7.17. The fourth-order valence-electron chi connectivity index (χ4n) is 3.06. The number of rotatable bonds is 3. The minimum absolute atomic E-state index is 0.0651. The van der Waals surface area contributed by atoms with E-state index in [9.17, 15) is 13.6 Å². The van der Waals surface area contributed by atoms with E-state index in [0.717, 1.165) is 16.7 Å². The Balaban J connectivity index is 1.81. The second-order valence-corrected chi connectivity index (χ2v) is 6.36. The minimum Gasteiger partial charge on any atom is -0.327 e. The van der Waals surface area contributed by atoms with Gasteiger partial charge in [0, 0.05) is 38.3 Å². The number of piperidine rings is 1. The van der Waals surface area contributed by atoms with Crippen molar-refractivity contribution in [1.82, 2.24) is 15.2 Å². The highest BCUT2D eigenvalue weighted by Gasteiger charge is 2.36. The van der Waals surface area contributed by atoms with Crippen LogP contribution in [0.5, 0.6) is 0 Å². The maximum absolute atomic E-state index is 13.3. The van der Waals surface area contributed by atoms with E-state index in [1.807, 2.05) is 43.3 Å². The van der Waals surface area contributed by atoms with Crippen LogP contribution in [0.15, 0.2) is 48.8 Å². The fraction of sp³-hybridized carbons (Fsp3) is 0.368. The number of aromatic nitrogens is 1. The van der Waals surface area contributed by atoms with Crippen molar-refractivity contribution in [2.75, 3.05) is 13.1 Å². The molecule has 2 heterocycles. The van der Waals surface area contributed by atoms with E-state index in [1.54, 1.807) is 12.4 Å². The van der Waals surface area contributed by atoms with Crippen LogP contribution in [0.1, 0.15) is 35.6 Å². The normalized spacial score (nSPS) is 17.8. The first-order chi connectivity index (χ1) is 12.0. The van der Waals surface area contributed by atoms with Crippen molar-refractivity contribution >= 4 is 6.03 Å². The molecule has 1 aliphatic heterocycles. The van der Waals surface area contributed by atoms with Crippen molar-refractivity contribution in [2.24, 2.45) is 0 Å². The molecule has 1 aromatic heterocycles. The number of halogens is 2. The molecule has 1 saturated heterocycles. The van der Waals surface area contributed by atoms with Crippen molar-refractivity contribution in [2.45, 2.75) is 31.7 Å². The lowest BCUT2D eigenvalue weighted by Crippen LogP contribution is -2.48. The number of aryl methyl sites for hydroxylation is 1. The van der Waals surface area contributed by atoms with Crippen LogP contribution >= 0.6 is 0 Å². The molecule has 2 amide bonds. The molecule has 1 atom stereocenters. The van der Waals surface area contributed by atoms with Gasteiger partial charge >= 0.3 is 6.03 Å². The monoisotopic (exact) mass is 345 g/mol. The van der Waals surface area contributed by atoms with Gasteiger partial charge in [-0.1, -0.05) is 24.3 Å². The molecule has 6 heteroatoms. The van der Waals surface area contributed by atoms with Crippen LogP contribution in [0, 0.1) is 6.92 Å². The molecule has 1 fully saturated rings. The number of urea groups is 1. The first-order valence-corrected chi connectivity index (χ1v) is 8.35. The van der Waals surface area contributed by atoms with Gasteiger partial charge in [-0.05, 0) is 35.7 Å². The predicted octanol–water partition coefficient (Wildman–Crippen LogP) is 3.92. The molecule has 0 aliphatic carbocycles. The number of hydrogen-bond acceptors (Lipinski definition) is 2. The van der Waals surface area contributed by atoms with Gasteiger partial charge in [-0.15, -0.1) is 0 Å². The van der Waals surface area contributed by atoms with E-state index in [1.165, 1.54) is 4.90 Å². The van der Waals surface area contributed by atoms with Crippen molar-refractivity contribution in [1.29, 1.82) is 0 Å². The average Bonchev–Trinajstić information content (AvgIpc) is 2.61. The maximum Gasteiger partial charge on any atom is 0.318 e. The lowest BCUT2D eigenvalue weighted by molar-refractivity contribution is -0.0470. The lowest BCUT2D eigenvalue weighted by Gasteiger charge is -2.33. The van der Waals surface area contributed by atoms with Crippen LogP contribution in [-0.4, -0.2) is 34.9 Å². The van der Waals surface area contributed by atoms with Crippen LogP contribution in [-0.2, 0) is 0 Å². The largest absolute Gasteiger partial charge is 0.327 e. The summed E-state index contributed by atoms with van der Waals surface area (Å²) in [5.41, 5.74) is 2.93. The zero-order valence-electron chi connectivity index (χ0n) is 14.1. The number of nitrogens with one attached hydrogen (secondary N) is 1. The zero-order chi connectivity index (χ0) is 17.9. The Morgan fingerprint density at radius 1 is 1.16 bits per heavy atom. The Kier molecular flexibility index (Phi) is 4.97. The van der Waals surface area contributed by atoms with Gasteiger partial charge < -0.3 is 10.2 Å². The van der Waals surface area contributed by atoms with Crippen molar-refractivity contribution in [3.05, 3.63) is 65.5 Å². The number of benzene rings is 1. The maximum atomic E-state index is 13.3. The van der Waals surface area contributed by atoms with Crippen LogP contribution in [0.25, 0.3) is 0 Å². The van der Waals surface area contributed by atoms with Gasteiger partial charge in [-0.2, -0.15) is 0 Å². The molecular formula is C19H21F2N3O. The van der Waals surface area contributed by atoms with Gasteiger partial charge in [0.05, 0.1) is 6.04 Å². The summed E-state index contributed by atoms with van der Waals surface area (Å²) < 4.78 is 26.6. The summed E-state index contributed by atoms with van der Waals surface area (Å²) in [5, 5.41) is 3.00. The third kappa shape index (κ3) is 4.13. The molecular weight excluding hydrogens is 324 g/mol. The third-order valence-corrected chi connectivity index (χ3v) is 4.59. The van der Waals surface area contributed by atoms with E-state index in [-0.39, 0.29) is 38.0 Å². The number of nitrogens with zero attached hydrogens (tertiary/aromatic N) is 2. The first kappa shape index (κ1) is 17.3. The number of alkyl halides is 2. The number of hydrogen-bond donors (Lipinski definition) is 1. The summed E-state index contributed by atoms with van der Waals surface area (Å²) in [7, 11) is 0. The number of carbonyl (C=O) groups excluding carboxylic acids is 1. The Hall–Kier alpha value is -2.50. The quantitative estimate of drug-likeness (QED) is 0.916. The number of carbonyl (C=O) groups is 1. The van der Waals surface area contributed by atoms with Crippen molar-refractivity contribution < 1.29 is 13.6 Å². The number of likely N-dealkylation sites (tertiary alicyclic amines) is 1. The van der Waals surface area contributed by atoms with Crippen molar-refractivity contribution in [3.8, 4) is 0 Å². The highest BCUT2D eigenvalue weighted by molar-refractivity contribution is 5.75. The smallest absolute Gasteiger partial charge is 0.318 e. The molecule has 0 bridgehead atoms. The highest BCUT2D eigenvalue weighted by atomic mass is 19.3. The van der Waals surface area contributed by atoms with E-state index in [4.69, 9.17) is 0 Å². The second-order valence-electron chi connectivity index (χ2n) is 6.36. The number of amides is 2. The average molecular weight is 345 g/mol. The summed E-state index contributed by atoms with van der Waals surface area (Å²) in [6, 6.07) is 10.8. The predicted molar refractivity (Wildman–Crippen MR) is 91.5 cm³/mol. The molecule has 1 unspecified atom stereocenters. The molecule has 1 N–H and O–H groups in total. The van der Waals surface area contributed by atoms with Crippen LogP contribution in [0.3, 0.4) is 0 Å². The van der Waals surface area contributed by atoms with Gasteiger partial charge in [-0.25, -0.2) is 13.6 Å². The van der Waals surface area contributed by atoms with E-state index in [2.05, 4.69) is 10.3 Å². The van der Waals surface area contributed by atoms with Gasteiger partial charge in [0.25, 0.3) is 5.92 Å². The van der Waals surface area contributed by atoms with Gasteiger partial charge in [0.15, 0.2) is 0 Å². The van der Waals surface area contributed by atoms with Crippen LogP contribution in [0.2, 0.25) is 0 Å². The molecule has 0 spiro atoms. The molecule has 25 heavy (non-hydrogen) atoms. The third-order valence-electron chi connectivity index (χ3n) is 4.59. The van der Waals surface area contributed by atoms with Crippen LogP contribution < -0.4 is 5.32 Å². The summed E-state index contributed by atoms with van der Waals surface area (Å²) in [6.45, 7) is 2.11. The summed E-state index contributed by atoms with van der Waals surface area (Å²) in [5.74, 6) is -2.67. The lowest BCUT2D eigenvalue weighted by atomic mass is 9.96. The molecule has 3 rings (SSSR count). The fourth-order valence-corrected chi connectivity index (χ4v) is 3.06. The Labute approximate surface area is 145 Å². The van der Waals surface area contributed by atoms with Gasteiger partial charge in [0.1, 0.15) is 0 Å². The molecule has 1 aliphatic rings. The van der Waals surface area contributed by atoms with E-state index < -0.39 is 5.92 Å². The molecule has 0 radical (unpaired) electrons. The molecule has 0 saturated carbocycles. The Morgan fingerprint density at radius 2 is 1.80 bits per heavy atom. The molecule has 1 aromatic carbocycles. The highest BCUT2D eigenvalue weighted by Crippen LogP contribution is 2.29. The standard InChI is InChI=1S/C19H21F2N3O/c1-14-4-2-3-5-16(14)17(15-6-10-22-11-7-15)23-18(25)24-12-8-19(20,21)9-13-24/h2-7,10-11,17H,8-9,12-13H2,1H3,(H,23,25). The topological polar surface area (TPSA) is 45.2 Å². The SMILES string of the molecule is Cc1ccccc1C(NC(=O)N1CCC(F)(F)CC1)c1ccncc1. The van der Waals surface area contributed by atoms with Gasteiger partial charge in [-0.3, -0.25) is 4.98 Å². The van der Waals surface area contributed by atoms with Crippen molar-refractivity contribution in [3.63, 3.8) is 0 Å². The Morgan fingerprint density at radius 3 is 2.44 bits per heavy atom. The van der Waals surface area contributed by atoms with Gasteiger partial charge in [0.2, 0.25) is 0 Å². The molecule has 132 valence electrons. The minimum atomic E-state index is -2.67.